The first-order valence-corrected chi connectivity index (χ1v) is 12.3. The van der Waals surface area contributed by atoms with Gasteiger partial charge in [-0.05, 0) is 58.2 Å². The Kier molecular flexibility index (Phi) is 9.71. The van der Waals surface area contributed by atoms with Crippen molar-refractivity contribution in [3.05, 3.63) is 95.1 Å². The summed E-state index contributed by atoms with van der Waals surface area (Å²) in [4.78, 5) is 0.286. The zero-order valence-electron chi connectivity index (χ0n) is 19.5. The topological polar surface area (TPSA) is 37.4 Å². The molecule has 0 atom stereocenters. The van der Waals surface area contributed by atoms with Gasteiger partial charge in [0.1, 0.15) is 0 Å². The first-order chi connectivity index (χ1) is 15.2. The van der Waals surface area contributed by atoms with Gasteiger partial charge in [0.15, 0.2) is 0 Å². The number of nitrogens with zero attached hydrogens (tertiary/aromatic N) is 1. The van der Waals surface area contributed by atoms with Crippen LogP contribution in [0.1, 0.15) is 44.7 Å². The quantitative estimate of drug-likeness (QED) is 0.312. The van der Waals surface area contributed by atoms with Crippen molar-refractivity contribution < 1.29 is 8.42 Å². The van der Waals surface area contributed by atoms with Crippen LogP contribution in [0.15, 0.2) is 88.9 Å². The van der Waals surface area contributed by atoms with Gasteiger partial charge < -0.3 is 0 Å². The Balaban J connectivity index is 2.32. The van der Waals surface area contributed by atoms with Crippen molar-refractivity contribution in [2.24, 2.45) is 0 Å². The van der Waals surface area contributed by atoms with E-state index < -0.39 is 10.0 Å². The molecule has 0 saturated heterocycles. The number of terminal acetylenes is 1. The van der Waals surface area contributed by atoms with Crippen LogP contribution in [-0.4, -0.2) is 25.8 Å². The first kappa shape index (κ1) is 25.4. The number of rotatable bonds is 10. The van der Waals surface area contributed by atoms with Gasteiger partial charge in [-0.2, -0.15) is 4.31 Å². The Hall–Kier alpha value is -2.87. The van der Waals surface area contributed by atoms with Crippen molar-refractivity contribution in [3.63, 3.8) is 0 Å². The molecule has 168 valence electrons. The van der Waals surface area contributed by atoms with Gasteiger partial charge in [-0.15, -0.1) is 6.42 Å². The standard InChI is InChI=1S/C28H33NO2S/c1-6-26(27-13-8-7-9-14-27)20-22-29(21-19-24(4)12-10-11-23(2)3)32(30,31)28-17-15-25(5)16-18-28/h1,7-9,11,13-20H,10,12,21-22H2,2-5H3/b24-19+,26-20+. The number of hydrogen-bond acceptors (Lipinski definition) is 2. The van der Waals surface area contributed by atoms with E-state index in [9.17, 15) is 8.42 Å². The zero-order chi connectivity index (χ0) is 23.6. The van der Waals surface area contributed by atoms with E-state index in [-0.39, 0.29) is 11.4 Å². The molecule has 0 radical (unpaired) electrons. The summed E-state index contributed by atoms with van der Waals surface area (Å²) in [6.45, 7) is 8.63. The molecule has 0 fully saturated rings. The van der Waals surface area contributed by atoms with Crippen LogP contribution in [0.3, 0.4) is 0 Å². The fraction of sp³-hybridized carbons (Fsp3) is 0.286. The number of allylic oxidation sites excluding steroid dienone is 4. The lowest BCUT2D eigenvalue weighted by atomic mass is 10.1. The Morgan fingerprint density at radius 1 is 0.938 bits per heavy atom. The van der Waals surface area contributed by atoms with E-state index in [1.165, 1.54) is 9.88 Å². The van der Waals surface area contributed by atoms with Crippen LogP contribution in [0, 0.1) is 19.3 Å². The normalized spacial score (nSPS) is 12.5. The SMILES string of the molecule is C#C/C(=C\CN(C/C=C(\C)CCC=C(C)C)S(=O)(=O)c1ccc(C)cc1)c1ccccc1. The van der Waals surface area contributed by atoms with Gasteiger partial charge in [-0.3, -0.25) is 0 Å². The lowest BCUT2D eigenvalue weighted by Gasteiger charge is -2.20. The van der Waals surface area contributed by atoms with E-state index in [1.807, 2.05) is 68.5 Å². The molecule has 32 heavy (non-hydrogen) atoms. The molecule has 0 aliphatic rings. The van der Waals surface area contributed by atoms with Crippen molar-refractivity contribution in [2.45, 2.75) is 45.4 Å². The van der Waals surface area contributed by atoms with Crippen LogP contribution in [0.2, 0.25) is 0 Å². The van der Waals surface area contributed by atoms with E-state index in [0.717, 1.165) is 29.5 Å². The van der Waals surface area contributed by atoms with Gasteiger partial charge in [0.2, 0.25) is 10.0 Å². The molecule has 2 aromatic carbocycles. The Labute approximate surface area is 194 Å². The fourth-order valence-electron chi connectivity index (χ4n) is 3.15. The van der Waals surface area contributed by atoms with Gasteiger partial charge in [0.05, 0.1) is 4.90 Å². The molecule has 0 aliphatic heterocycles. The van der Waals surface area contributed by atoms with E-state index in [2.05, 4.69) is 25.8 Å². The number of sulfonamides is 1. The summed E-state index contributed by atoms with van der Waals surface area (Å²) >= 11 is 0. The van der Waals surface area contributed by atoms with Crippen molar-refractivity contribution in [2.75, 3.05) is 13.1 Å². The predicted molar refractivity (Wildman–Crippen MR) is 136 cm³/mol. The molecule has 0 saturated carbocycles. The van der Waals surface area contributed by atoms with Crippen LogP contribution in [-0.2, 0) is 10.0 Å². The Bertz CT molecular complexity index is 1110. The minimum absolute atomic E-state index is 0.197. The van der Waals surface area contributed by atoms with Crippen LogP contribution in [0.4, 0.5) is 0 Å². The summed E-state index contributed by atoms with van der Waals surface area (Å²) in [6.07, 6.45) is 13.6. The average molecular weight is 448 g/mol. The number of aryl methyl sites for hydroxylation is 1. The van der Waals surface area contributed by atoms with Crippen molar-refractivity contribution >= 4 is 15.6 Å². The second-order valence-electron chi connectivity index (χ2n) is 8.13. The van der Waals surface area contributed by atoms with Crippen molar-refractivity contribution in [1.29, 1.82) is 0 Å². The van der Waals surface area contributed by atoms with Crippen LogP contribution >= 0.6 is 0 Å². The summed E-state index contributed by atoms with van der Waals surface area (Å²) in [6, 6.07) is 16.6. The zero-order valence-corrected chi connectivity index (χ0v) is 20.3. The lowest BCUT2D eigenvalue weighted by molar-refractivity contribution is 0.473. The molecule has 0 bridgehead atoms. The summed E-state index contributed by atoms with van der Waals surface area (Å²) in [5.41, 5.74) is 5.05. The number of hydrogen-bond donors (Lipinski definition) is 0. The molecule has 0 heterocycles. The maximum absolute atomic E-state index is 13.4. The highest BCUT2D eigenvalue weighted by atomic mass is 32.2. The van der Waals surface area contributed by atoms with E-state index in [0.29, 0.717) is 12.1 Å². The molecule has 3 nitrogen and oxygen atoms in total. The van der Waals surface area contributed by atoms with Crippen molar-refractivity contribution in [3.8, 4) is 12.3 Å². The predicted octanol–water partition coefficient (Wildman–Crippen LogP) is 6.40. The molecule has 0 aliphatic carbocycles. The summed E-state index contributed by atoms with van der Waals surface area (Å²) in [5.74, 6) is 2.69. The second-order valence-corrected chi connectivity index (χ2v) is 10.1. The van der Waals surface area contributed by atoms with Crippen LogP contribution in [0.5, 0.6) is 0 Å². The second kappa shape index (κ2) is 12.2. The maximum atomic E-state index is 13.4. The summed E-state index contributed by atoms with van der Waals surface area (Å²) in [5, 5.41) is 0. The molecular weight excluding hydrogens is 414 g/mol. The van der Waals surface area contributed by atoms with Gasteiger partial charge in [0.25, 0.3) is 0 Å². The van der Waals surface area contributed by atoms with Gasteiger partial charge in [0, 0.05) is 18.7 Å². The van der Waals surface area contributed by atoms with Crippen LogP contribution < -0.4 is 0 Å². The average Bonchev–Trinajstić information content (AvgIpc) is 2.76. The smallest absolute Gasteiger partial charge is 0.207 e. The van der Waals surface area contributed by atoms with E-state index in [1.54, 1.807) is 12.1 Å². The van der Waals surface area contributed by atoms with E-state index in [4.69, 9.17) is 6.42 Å². The molecule has 2 aromatic rings. The third-order valence-electron chi connectivity index (χ3n) is 5.13. The molecule has 2 rings (SSSR count). The highest BCUT2D eigenvalue weighted by Gasteiger charge is 2.23. The Morgan fingerprint density at radius 3 is 2.16 bits per heavy atom. The maximum Gasteiger partial charge on any atom is 0.243 e. The largest absolute Gasteiger partial charge is 0.243 e. The van der Waals surface area contributed by atoms with Crippen LogP contribution in [0.25, 0.3) is 5.57 Å². The van der Waals surface area contributed by atoms with Gasteiger partial charge in [-0.1, -0.05) is 83.3 Å². The highest BCUT2D eigenvalue weighted by Crippen LogP contribution is 2.19. The molecule has 0 aromatic heterocycles. The number of benzene rings is 2. The third kappa shape index (κ3) is 7.67. The molecule has 4 heteroatoms. The third-order valence-corrected chi connectivity index (χ3v) is 6.98. The molecule has 0 spiro atoms. The van der Waals surface area contributed by atoms with Crippen molar-refractivity contribution in [1.82, 2.24) is 4.31 Å². The molecule has 0 unspecified atom stereocenters. The molecule has 0 amide bonds. The molecule has 0 N–H and O–H groups in total. The molecular formula is C28H33NO2S. The fourth-order valence-corrected chi connectivity index (χ4v) is 4.47. The summed E-state index contributed by atoms with van der Waals surface area (Å²) in [7, 11) is -3.67. The van der Waals surface area contributed by atoms with Gasteiger partial charge in [-0.25, -0.2) is 8.42 Å². The highest BCUT2D eigenvalue weighted by molar-refractivity contribution is 7.89. The first-order valence-electron chi connectivity index (χ1n) is 10.8. The van der Waals surface area contributed by atoms with E-state index >= 15 is 0 Å². The van der Waals surface area contributed by atoms with Gasteiger partial charge >= 0.3 is 0 Å². The summed E-state index contributed by atoms with van der Waals surface area (Å²) < 4.78 is 28.3. The minimum Gasteiger partial charge on any atom is -0.207 e. The minimum atomic E-state index is -3.67. The monoisotopic (exact) mass is 447 g/mol. The Morgan fingerprint density at radius 2 is 1.56 bits per heavy atom. The lowest BCUT2D eigenvalue weighted by Crippen LogP contribution is -2.31.